The number of carbonyl (C=O) groups is 2. The van der Waals surface area contributed by atoms with Crippen LogP contribution in [0.25, 0.3) is 0 Å². The number of hydrogen-bond acceptors (Lipinski definition) is 8. The number of nitrogens with two attached hydrogens (primary N) is 1. The van der Waals surface area contributed by atoms with Crippen molar-refractivity contribution in [3.05, 3.63) is 5.89 Å². The van der Waals surface area contributed by atoms with Crippen LogP contribution in [-0.2, 0) is 20.9 Å². The van der Waals surface area contributed by atoms with Crippen molar-refractivity contribution >= 4 is 23.6 Å². The minimum Gasteiger partial charge on any atom is -0.467 e. The maximum absolute atomic E-state index is 11.9. The lowest BCUT2D eigenvalue weighted by Crippen LogP contribution is -2.43. The molecule has 21 heavy (non-hydrogen) atoms. The van der Waals surface area contributed by atoms with Crippen molar-refractivity contribution in [1.82, 2.24) is 15.5 Å². The molecule has 3 N–H and O–H groups in total. The number of carbonyl (C=O) groups excluding carboxylic acids is 2. The van der Waals surface area contributed by atoms with Crippen molar-refractivity contribution in [2.45, 2.75) is 38.1 Å². The molecular formula is C12H20N4O4S. The quantitative estimate of drug-likeness (QED) is 0.520. The molecule has 0 fully saturated rings. The van der Waals surface area contributed by atoms with E-state index in [1.165, 1.54) is 7.11 Å². The van der Waals surface area contributed by atoms with Crippen LogP contribution < -0.4 is 11.1 Å². The summed E-state index contributed by atoms with van der Waals surface area (Å²) in [6.45, 7) is 4.08. The van der Waals surface area contributed by atoms with Gasteiger partial charge in [-0.05, 0) is 12.3 Å². The smallest absolute Gasteiger partial charge is 0.328 e. The summed E-state index contributed by atoms with van der Waals surface area (Å²) in [6.07, 6.45) is 0.515. The lowest BCUT2D eigenvalue weighted by molar-refractivity contribution is -0.145. The second kappa shape index (κ2) is 8.63. The van der Waals surface area contributed by atoms with Crippen molar-refractivity contribution in [3.63, 3.8) is 0 Å². The SMILES string of the molecule is COC(=O)C(CC(C)C)NC(=O)CSc1nnc(CN)o1. The third-order valence-corrected chi connectivity index (χ3v) is 3.30. The van der Waals surface area contributed by atoms with Crippen LogP contribution in [0.2, 0.25) is 0 Å². The van der Waals surface area contributed by atoms with Gasteiger partial charge in [0.05, 0.1) is 19.4 Å². The molecule has 0 radical (unpaired) electrons. The molecule has 0 saturated heterocycles. The third-order valence-electron chi connectivity index (χ3n) is 2.48. The van der Waals surface area contributed by atoms with Gasteiger partial charge in [-0.3, -0.25) is 4.79 Å². The number of esters is 1. The van der Waals surface area contributed by atoms with Crippen LogP contribution in [0, 0.1) is 5.92 Å². The lowest BCUT2D eigenvalue weighted by Gasteiger charge is -2.17. The molecule has 1 aromatic rings. The Bertz CT molecular complexity index is 478. The average molecular weight is 316 g/mol. The van der Waals surface area contributed by atoms with Crippen molar-refractivity contribution < 1.29 is 18.7 Å². The maximum atomic E-state index is 11.9. The molecule has 118 valence electrons. The number of ether oxygens (including phenoxy) is 1. The monoisotopic (exact) mass is 316 g/mol. The van der Waals surface area contributed by atoms with Crippen molar-refractivity contribution in [2.24, 2.45) is 11.7 Å². The highest BCUT2D eigenvalue weighted by Gasteiger charge is 2.22. The highest BCUT2D eigenvalue weighted by Crippen LogP contribution is 2.15. The Kier molecular flexibility index (Phi) is 7.17. The van der Waals surface area contributed by atoms with Gasteiger partial charge in [-0.1, -0.05) is 25.6 Å². The third kappa shape index (κ3) is 6.13. The summed E-state index contributed by atoms with van der Waals surface area (Å²) < 4.78 is 9.85. The maximum Gasteiger partial charge on any atom is 0.328 e. The Labute approximate surface area is 127 Å². The molecular weight excluding hydrogens is 296 g/mol. The van der Waals surface area contributed by atoms with Gasteiger partial charge in [0.25, 0.3) is 5.22 Å². The van der Waals surface area contributed by atoms with Crippen LogP contribution in [-0.4, -0.2) is 41.0 Å². The zero-order valence-corrected chi connectivity index (χ0v) is 13.1. The molecule has 1 aromatic heterocycles. The number of nitrogens with one attached hydrogen (secondary N) is 1. The molecule has 0 spiro atoms. The molecule has 0 aliphatic heterocycles. The van der Waals surface area contributed by atoms with Gasteiger partial charge in [-0.2, -0.15) is 0 Å². The minimum absolute atomic E-state index is 0.0673. The molecule has 1 heterocycles. The molecule has 1 atom stereocenters. The molecule has 0 aromatic carbocycles. The fraction of sp³-hybridized carbons (Fsp3) is 0.667. The van der Waals surface area contributed by atoms with Gasteiger partial charge in [-0.25, -0.2) is 4.79 Å². The number of rotatable bonds is 8. The lowest BCUT2D eigenvalue weighted by atomic mass is 10.0. The highest BCUT2D eigenvalue weighted by atomic mass is 32.2. The summed E-state index contributed by atoms with van der Waals surface area (Å²) in [5.74, 6) is -0.123. The summed E-state index contributed by atoms with van der Waals surface area (Å²) in [6, 6.07) is -0.648. The number of thioether (sulfide) groups is 1. The highest BCUT2D eigenvalue weighted by molar-refractivity contribution is 7.99. The Hall–Kier alpha value is -1.61. The van der Waals surface area contributed by atoms with Gasteiger partial charge < -0.3 is 20.2 Å². The predicted molar refractivity (Wildman–Crippen MR) is 76.3 cm³/mol. The van der Waals surface area contributed by atoms with Crippen molar-refractivity contribution in [1.29, 1.82) is 0 Å². The normalized spacial score (nSPS) is 12.2. The van der Waals surface area contributed by atoms with E-state index in [0.29, 0.717) is 12.3 Å². The minimum atomic E-state index is -0.648. The first kappa shape index (κ1) is 17.4. The fourth-order valence-electron chi connectivity index (χ4n) is 1.57. The summed E-state index contributed by atoms with van der Waals surface area (Å²) in [7, 11) is 1.29. The van der Waals surface area contributed by atoms with Crippen LogP contribution in [0.3, 0.4) is 0 Å². The molecule has 1 amide bonds. The van der Waals surface area contributed by atoms with Gasteiger partial charge in [0.1, 0.15) is 6.04 Å². The van der Waals surface area contributed by atoms with Gasteiger partial charge in [-0.15, -0.1) is 10.2 Å². The van der Waals surface area contributed by atoms with E-state index in [2.05, 4.69) is 20.3 Å². The van der Waals surface area contributed by atoms with Crippen molar-refractivity contribution in [3.8, 4) is 0 Å². The average Bonchev–Trinajstić information content (AvgIpc) is 2.91. The first-order valence-electron chi connectivity index (χ1n) is 6.48. The molecule has 0 aliphatic carbocycles. The second-order valence-corrected chi connectivity index (χ2v) is 5.65. The van der Waals surface area contributed by atoms with E-state index >= 15 is 0 Å². The van der Waals surface area contributed by atoms with Crippen molar-refractivity contribution in [2.75, 3.05) is 12.9 Å². The molecule has 0 aliphatic rings. The van der Waals surface area contributed by atoms with Crippen LogP contribution in [0.5, 0.6) is 0 Å². The molecule has 0 bridgehead atoms. The topological polar surface area (TPSA) is 120 Å². The molecule has 1 unspecified atom stereocenters. The Balaban J connectivity index is 2.47. The summed E-state index contributed by atoms with van der Waals surface area (Å²) in [5.41, 5.74) is 5.34. The first-order valence-corrected chi connectivity index (χ1v) is 7.47. The van der Waals surface area contributed by atoms with Gasteiger partial charge in [0.2, 0.25) is 11.8 Å². The predicted octanol–water partition coefficient (Wildman–Crippen LogP) is 0.324. The number of aromatic nitrogens is 2. The molecule has 1 rings (SSSR count). The van der Waals surface area contributed by atoms with Gasteiger partial charge in [0, 0.05) is 0 Å². The van der Waals surface area contributed by atoms with E-state index in [1.807, 2.05) is 13.8 Å². The van der Waals surface area contributed by atoms with E-state index in [0.717, 1.165) is 11.8 Å². The van der Waals surface area contributed by atoms with E-state index in [9.17, 15) is 9.59 Å². The zero-order chi connectivity index (χ0) is 15.8. The number of hydrogen-bond donors (Lipinski definition) is 2. The van der Waals surface area contributed by atoms with E-state index < -0.39 is 12.0 Å². The van der Waals surface area contributed by atoms with Crippen LogP contribution in [0.15, 0.2) is 9.64 Å². The second-order valence-electron chi connectivity index (χ2n) is 4.73. The van der Waals surface area contributed by atoms with Crippen LogP contribution in [0.4, 0.5) is 0 Å². The fourth-order valence-corrected chi connectivity index (χ4v) is 2.16. The molecule has 8 nitrogen and oxygen atoms in total. The van der Waals surface area contributed by atoms with Gasteiger partial charge >= 0.3 is 5.97 Å². The van der Waals surface area contributed by atoms with E-state index in [4.69, 9.17) is 10.2 Å². The standard InChI is InChI=1S/C12H20N4O4S/c1-7(2)4-8(11(18)19-3)14-9(17)6-21-12-16-15-10(5-13)20-12/h7-8H,4-6,13H2,1-3H3,(H,14,17). The summed E-state index contributed by atoms with van der Waals surface area (Å²) in [4.78, 5) is 23.5. The van der Waals surface area contributed by atoms with Gasteiger partial charge in [0.15, 0.2) is 0 Å². The Morgan fingerprint density at radius 1 is 1.43 bits per heavy atom. The zero-order valence-electron chi connectivity index (χ0n) is 12.3. The van der Waals surface area contributed by atoms with Crippen LogP contribution in [0.1, 0.15) is 26.2 Å². The van der Waals surface area contributed by atoms with E-state index in [1.54, 1.807) is 0 Å². The van der Waals surface area contributed by atoms with Crippen LogP contribution >= 0.6 is 11.8 Å². The largest absolute Gasteiger partial charge is 0.467 e. The number of methoxy groups -OCH3 is 1. The number of nitrogens with zero attached hydrogens (tertiary/aromatic N) is 2. The first-order chi connectivity index (χ1) is 9.96. The van der Waals surface area contributed by atoms with E-state index in [-0.39, 0.29) is 29.3 Å². The summed E-state index contributed by atoms with van der Waals surface area (Å²) in [5, 5.41) is 10.3. The Morgan fingerprint density at radius 2 is 2.14 bits per heavy atom. The Morgan fingerprint density at radius 3 is 2.67 bits per heavy atom. The molecule has 9 heteroatoms. The molecule has 0 saturated carbocycles. The summed E-state index contributed by atoms with van der Waals surface area (Å²) >= 11 is 1.08. The number of amides is 1.